The maximum atomic E-state index is 12.3. The highest BCUT2D eigenvalue weighted by Crippen LogP contribution is 2.59. The van der Waals surface area contributed by atoms with Gasteiger partial charge >= 0.3 is 0 Å². The largest absolute Gasteiger partial charge is 0.381 e. The number of benzene rings is 1. The molecule has 4 nitrogen and oxygen atoms in total. The Kier molecular flexibility index (Phi) is 5.02. The lowest BCUT2D eigenvalue weighted by Crippen LogP contribution is -2.29. The number of nitrogens with one attached hydrogen (secondary N) is 1. The molecule has 1 saturated heterocycles. The summed E-state index contributed by atoms with van der Waals surface area (Å²) in [6.07, 6.45) is 3.35. The second-order valence-electron chi connectivity index (χ2n) is 7.13. The zero-order valence-corrected chi connectivity index (χ0v) is 14.1. The van der Waals surface area contributed by atoms with Gasteiger partial charge in [0.2, 0.25) is 5.91 Å². The molecule has 0 bridgehead atoms. The summed E-state index contributed by atoms with van der Waals surface area (Å²) in [5.41, 5.74) is 2.55. The van der Waals surface area contributed by atoms with Gasteiger partial charge in [0.05, 0.1) is 12.7 Å². The van der Waals surface area contributed by atoms with Gasteiger partial charge in [0.1, 0.15) is 0 Å². The van der Waals surface area contributed by atoms with Crippen molar-refractivity contribution in [3.05, 3.63) is 35.4 Å². The molecule has 2 fully saturated rings. The van der Waals surface area contributed by atoms with Gasteiger partial charge in [0.25, 0.3) is 0 Å². The maximum absolute atomic E-state index is 12.3. The van der Waals surface area contributed by atoms with Crippen molar-refractivity contribution in [1.29, 1.82) is 0 Å². The van der Waals surface area contributed by atoms with E-state index in [-0.39, 0.29) is 23.3 Å². The van der Waals surface area contributed by atoms with E-state index < -0.39 is 0 Å². The van der Waals surface area contributed by atoms with Gasteiger partial charge in [-0.1, -0.05) is 24.3 Å². The van der Waals surface area contributed by atoms with Crippen LogP contribution in [-0.2, 0) is 27.4 Å². The lowest BCUT2D eigenvalue weighted by molar-refractivity contribution is -0.123. The van der Waals surface area contributed by atoms with E-state index in [1.165, 1.54) is 0 Å². The van der Waals surface area contributed by atoms with Crippen LogP contribution < -0.4 is 5.32 Å². The van der Waals surface area contributed by atoms with Gasteiger partial charge in [0, 0.05) is 25.7 Å². The molecule has 0 radical (unpaired) electrons. The van der Waals surface area contributed by atoms with Crippen LogP contribution in [0.3, 0.4) is 0 Å². The SMILES string of the molecule is CC(C)OCc1ccc(CNC(=O)C2CC23CCOCC3)cc1. The quantitative estimate of drug-likeness (QED) is 0.877. The van der Waals surface area contributed by atoms with Crippen molar-refractivity contribution in [3.8, 4) is 0 Å². The number of hydrogen-bond donors (Lipinski definition) is 1. The van der Waals surface area contributed by atoms with E-state index in [0.29, 0.717) is 13.2 Å². The first-order chi connectivity index (χ1) is 11.1. The third-order valence-electron chi connectivity index (χ3n) is 5.07. The molecule has 126 valence electrons. The number of ether oxygens (including phenoxy) is 2. The first-order valence-electron chi connectivity index (χ1n) is 8.64. The fourth-order valence-corrected chi connectivity index (χ4v) is 3.38. The lowest BCUT2D eigenvalue weighted by atomic mass is 9.93. The third-order valence-corrected chi connectivity index (χ3v) is 5.07. The Hall–Kier alpha value is -1.39. The van der Waals surface area contributed by atoms with Gasteiger partial charge in [-0.05, 0) is 49.7 Å². The molecule has 1 aliphatic heterocycles. The van der Waals surface area contributed by atoms with Crippen molar-refractivity contribution in [2.45, 2.75) is 52.4 Å². The molecule has 2 aliphatic rings. The number of amides is 1. The molecule has 0 aromatic heterocycles. The standard InChI is InChI=1S/C19H27NO3/c1-14(2)23-13-16-5-3-15(4-6-16)12-20-18(21)17-11-19(17)7-9-22-10-8-19/h3-6,14,17H,7-13H2,1-2H3,(H,20,21). The van der Waals surface area contributed by atoms with E-state index in [9.17, 15) is 4.79 Å². The van der Waals surface area contributed by atoms with Crippen molar-refractivity contribution in [2.24, 2.45) is 11.3 Å². The Bertz CT molecular complexity index is 532. The zero-order chi connectivity index (χ0) is 16.3. The predicted molar refractivity (Wildman–Crippen MR) is 88.8 cm³/mol. The summed E-state index contributed by atoms with van der Waals surface area (Å²) in [5.74, 6) is 0.407. The summed E-state index contributed by atoms with van der Waals surface area (Å²) < 4.78 is 11.0. The molecule has 1 atom stereocenters. The van der Waals surface area contributed by atoms with Crippen LogP contribution in [-0.4, -0.2) is 25.2 Å². The Balaban J connectivity index is 1.44. The van der Waals surface area contributed by atoms with E-state index in [1.54, 1.807) is 0 Å². The average Bonchev–Trinajstić information content (AvgIpc) is 3.25. The van der Waals surface area contributed by atoms with E-state index in [1.807, 2.05) is 13.8 Å². The first kappa shape index (κ1) is 16.5. The molecule has 1 aromatic rings. The van der Waals surface area contributed by atoms with Crippen LogP contribution in [0.2, 0.25) is 0 Å². The van der Waals surface area contributed by atoms with Crippen LogP contribution in [0.5, 0.6) is 0 Å². The second kappa shape index (κ2) is 7.02. The molecule has 1 spiro atoms. The summed E-state index contributed by atoms with van der Waals surface area (Å²) in [6, 6.07) is 8.27. The highest BCUT2D eigenvalue weighted by Gasteiger charge is 2.57. The molecule has 1 unspecified atom stereocenters. The molecule has 1 amide bonds. The Labute approximate surface area is 138 Å². The molecule has 23 heavy (non-hydrogen) atoms. The van der Waals surface area contributed by atoms with Crippen molar-refractivity contribution < 1.29 is 14.3 Å². The molecule has 1 N–H and O–H groups in total. The van der Waals surface area contributed by atoms with Crippen molar-refractivity contribution in [1.82, 2.24) is 5.32 Å². The van der Waals surface area contributed by atoms with Crippen molar-refractivity contribution in [2.75, 3.05) is 13.2 Å². The predicted octanol–water partition coefficient (Wildman–Crippen LogP) is 3.04. The van der Waals surface area contributed by atoms with Gasteiger partial charge in [-0.25, -0.2) is 0 Å². The van der Waals surface area contributed by atoms with Crippen LogP contribution in [0.4, 0.5) is 0 Å². The van der Waals surface area contributed by atoms with Crippen molar-refractivity contribution >= 4 is 5.91 Å². The van der Waals surface area contributed by atoms with Gasteiger partial charge in [0.15, 0.2) is 0 Å². The third kappa shape index (κ3) is 4.12. The highest BCUT2D eigenvalue weighted by molar-refractivity contribution is 5.82. The minimum absolute atomic E-state index is 0.199. The highest BCUT2D eigenvalue weighted by atomic mass is 16.5. The number of carbonyl (C=O) groups is 1. The van der Waals surface area contributed by atoms with E-state index in [0.717, 1.165) is 43.6 Å². The number of hydrogen-bond acceptors (Lipinski definition) is 3. The molecular weight excluding hydrogens is 290 g/mol. The molecule has 4 heteroatoms. The topological polar surface area (TPSA) is 47.6 Å². The van der Waals surface area contributed by atoms with Gasteiger partial charge in [-0.3, -0.25) is 4.79 Å². The Morgan fingerprint density at radius 2 is 1.91 bits per heavy atom. The first-order valence-corrected chi connectivity index (χ1v) is 8.64. The van der Waals surface area contributed by atoms with Crippen LogP contribution in [0, 0.1) is 11.3 Å². The molecule has 1 saturated carbocycles. The van der Waals surface area contributed by atoms with Gasteiger partial charge < -0.3 is 14.8 Å². The summed E-state index contributed by atoms with van der Waals surface area (Å²) in [5, 5.41) is 3.09. The van der Waals surface area contributed by atoms with E-state index >= 15 is 0 Å². The van der Waals surface area contributed by atoms with E-state index in [4.69, 9.17) is 9.47 Å². The van der Waals surface area contributed by atoms with Gasteiger partial charge in [-0.15, -0.1) is 0 Å². The normalized spacial score (nSPS) is 22.3. The number of carbonyl (C=O) groups excluding carboxylic acids is 1. The fourth-order valence-electron chi connectivity index (χ4n) is 3.38. The number of rotatable bonds is 6. The van der Waals surface area contributed by atoms with Crippen LogP contribution >= 0.6 is 0 Å². The lowest BCUT2D eigenvalue weighted by Gasteiger charge is -2.22. The average molecular weight is 317 g/mol. The summed E-state index contributed by atoms with van der Waals surface area (Å²) in [6.45, 7) is 6.93. The summed E-state index contributed by atoms with van der Waals surface area (Å²) in [7, 11) is 0. The fraction of sp³-hybridized carbons (Fsp3) is 0.632. The smallest absolute Gasteiger partial charge is 0.223 e. The van der Waals surface area contributed by atoms with Gasteiger partial charge in [-0.2, -0.15) is 0 Å². The minimum Gasteiger partial charge on any atom is -0.381 e. The Morgan fingerprint density at radius 1 is 1.26 bits per heavy atom. The molecule has 1 aliphatic carbocycles. The maximum Gasteiger partial charge on any atom is 0.223 e. The summed E-state index contributed by atoms with van der Waals surface area (Å²) >= 11 is 0. The monoisotopic (exact) mass is 317 g/mol. The second-order valence-corrected chi connectivity index (χ2v) is 7.13. The molecule has 1 aromatic carbocycles. The molecule has 3 rings (SSSR count). The van der Waals surface area contributed by atoms with Crippen LogP contribution in [0.25, 0.3) is 0 Å². The Morgan fingerprint density at radius 3 is 2.57 bits per heavy atom. The zero-order valence-electron chi connectivity index (χ0n) is 14.1. The van der Waals surface area contributed by atoms with Crippen molar-refractivity contribution in [3.63, 3.8) is 0 Å². The molecule has 1 heterocycles. The van der Waals surface area contributed by atoms with Crippen LogP contribution in [0.1, 0.15) is 44.2 Å². The van der Waals surface area contributed by atoms with E-state index in [2.05, 4.69) is 29.6 Å². The summed E-state index contributed by atoms with van der Waals surface area (Å²) in [4.78, 5) is 12.3. The van der Waals surface area contributed by atoms with Crippen LogP contribution in [0.15, 0.2) is 24.3 Å². The molecular formula is C19H27NO3. The minimum atomic E-state index is 0.199.